The van der Waals surface area contributed by atoms with Crippen LogP contribution in [0.1, 0.15) is 20.8 Å². The van der Waals surface area contributed by atoms with Gasteiger partial charge in [0.25, 0.3) is 5.79 Å². The molecule has 0 bridgehead atoms. The van der Waals surface area contributed by atoms with Gasteiger partial charge in [0, 0.05) is 5.57 Å². The van der Waals surface area contributed by atoms with E-state index in [9.17, 15) is 4.79 Å². The zero-order valence-corrected chi connectivity index (χ0v) is 35.7. The summed E-state index contributed by atoms with van der Waals surface area (Å²) >= 11 is 0. The van der Waals surface area contributed by atoms with Crippen LogP contribution in [-0.2, 0) is 31.7 Å². The van der Waals surface area contributed by atoms with E-state index >= 15 is 0 Å². The molecule has 0 saturated heterocycles. The molecule has 0 aliphatic rings. The van der Waals surface area contributed by atoms with Crippen LogP contribution >= 0.6 is 0 Å². The fourth-order valence-corrected chi connectivity index (χ4v) is 11.5. The fourth-order valence-electron chi connectivity index (χ4n) is 3.09. The molecule has 0 aromatic carbocycles. The highest BCUT2D eigenvalue weighted by Gasteiger charge is 2.72. The van der Waals surface area contributed by atoms with Crippen molar-refractivity contribution >= 4 is 65.4 Å². The molecule has 0 rings (SSSR count). The molecule has 0 amide bonds. The first-order valence-electron chi connectivity index (χ1n) is 13.1. The van der Waals surface area contributed by atoms with Gasteiger partial charge in [-0.2, -0.15) is 0 Å². The molecular formula is C23H58O7Si7. The van der Waals surface area contributed by atoms with Gasteiger partial charge in [-0.15, -0.1) is 0 Å². The van der Waals surface area contributed by atoms with Crippen LogP contribution in [0, 0.1) is 0 Å². The van der Waals surface area contributed by atoms with E-state index in [2.05, 4.69) is 98.2 Å². The highest BCUT2D eigenvalue weighted by atomic mass is 29.3. The van der Waals surface area contributed by atoms with E-state index in [-0.39, 0.29) is 5.57 Å². The molecule has 0 aromatic heterocycles. The molecule has 7 nitrogen and oxygen atoms in total. The van der Waals surface area contributed by atoms with Gasteiger partial charge in [-0.05, 0) is 73.1 Å². The van der Waals surface area contributed by atoms with Gasteiger partial charge >= 0.3 is 11.9 Å². The summed E-state index contributed by atoms with van der Waals surface area (Å²) in [6, 6.07) is 0. The van der Waals surface area contributed by atoms with Gasteiger partial charge in [0.2, 0.25) is 0 Å². The molecule has 0 radical (unpaired) electrons. The highest BCUT2D eigenvalue weighted by molar-refractivity contribution is 7.37. The van der Waals surface area contributed by atoms with E-state index < -0.39 is 72.3 Å². The number of hydrogen-bond donors (Lipinski definition) is 0. The summed E-state index contributed by atoms with van der Waals surface area (Å²) in [5.74, 6) is -4.17. The van der Waals surface area contributed by atoms with Crippen LogP contribution in [0.25, 0.3) is 0 Å². The highest BCUT2D eigenvalue weighted by Crippen LogP contribution is 2.49. The molecular weight excluding hydrogens is 585 g/mol. The van der Waals surface area contributed by atoms with Crippen molar-refractivity contribution in [2.75, 3.05) is 0 Å². The standard InChI is InChI=1S/C23H58O7Si7/c1-19(2)20(24)25-23(29-33(5,6)7,30-34(8,9)10)22(21(3,4)26-31,27-32-35(11,12)13)28-37(17,18)36(14,15)16/h1,32H2,2-18,31H3. The quantitative estimate of drug-likeness (QED) is 0.110. The van der Waals surface area contributed by atoms with Crippen LogP contribution < -0.4 is 0 Å². The Kier molecular flexibility index (Phi) is 12.4. The van der Waals surface area contributed by atoms with Gasteiger partial charge in [-0.1, -0.05) is 45.9 Å². The average Bonchev–Trinajstić information content (AvgIpc) is 2.59. The second kappa shape index (κ2) is 12.2. The van der Waals surface area contributed by atoms with Crippen molar-refractivity contribution in [2.45, 2.75) is 130 Å². The molecule has 0 aromatic rings. The molecule has 0 aliphatic heterocycles. The van der Waals surface area contributed by atoms with Gasteiger partial charge < -0.3 is 26.9 Å². The first-order chi connectivity index (χ1) is 16.0. The third-order valence-electron chi connectivity index (χ3n) is 6.08. The van der Waals surface area contributed by atoms with Crippen molar-refractivity contribution in [1.82, 2.24) is 0 Å². The normalized spacial score (nSPS) is 16.8. The van der Waals surface area contributed by atoms with E-state index in [4.69, 9.17) is 26.9 Å². The molecule has 1 unspecified atom stereocenters. The summed E-state index contributed by atoms with van der Waals surface area (Å²) < 4.78 is 41.1. The Balaban J connectivity index is 8.04. The lowest BCUT2D eigenvalue weighted by Gasteiger charge is -2.59. The lowest BCUT2D eigenvalue weighted by atomic mass is 9.95. The van der Waals surface area contributed by atoms with Crippen molar-refractivity contribution in [2.24, 2.45) is 0 Å². The minimum atomic E-state index is -2.46. The van der Waals surface area contributed by atoms with Crippen molar-refractivity contribution in [3.05, 3.63) is 12.2 Å². The zero-order chi connectivity index (χ0) is 30.1. The average molecular weight is 643 g/mol. The third-order valence-corrected chi connectivity index (χ3v) is 28.9. The monoisotopic (exact) mass is 642 g/mol. The van der Waals surface area contributed by atoms with Crippen molar-refractivity contribution in [3.63, 3.8) is 0 Å². The Morgan fingerprint density at radius 3 is 1.46 bits per heavy atom. The van der Waals surface area contributed by atoms with Crippen LogP contribution in [0.5, 0.6) is 0 Å². The van der Waals surface area contributed by atoms with Crippen molar-refractivity contribution < 1.29 is 31.7 Å². The third kappa shape index (κ3) is 10.5. The maximum absolute atomic E-state index is 13.4. The molecule has 0 N–H and O–H groups in total. The lowest BCUT2D eigenvalue weighted by Crippen LogP contribution is -2.79. The SMILES string of the molecule is C=C(C)C(=O)OC(O[Si](C)(C)C)(O[Si](C)(C)C)C(O[SiH2][Si](C)(C)C)(O[Si](C)(C)[Si](C)(C)C)C(C)(C)O[SiH3]. The summed E-state index contributed by atoms with van der Waals surface area (Å²) in [6.07, 6.45) is 0. The van der Waals surface area contributed by atoms with E-state index in [0.29, 0.717) is 10.5 Å². The maximum atomic E-state index is 13.4. The van der Waals surface area contributed by atoms with E-state index in [1.807, 2.05) is 13.8 Å². The first kappa shape index (κ1) is 37.5. The Morgan fingerprint density at radius 2 is 1.19 bits per heavy atom. The topological polar surface area (TPSA) is 72.5 Å². The second-order valence-electron chi connectivity index (χ2n) is 15.2. The predicted octanol–water partition coefficient (Wildman–Crippen LogP) is 4.81. The van der Waals surface area contributed by atoms with Gasteiger partial charge in [0.15, 0.2) is 33.8 Å². The molecule has 0 spiro atoms. The Hall–Kier alpha value is 0.528. The van der Waals surface area contributed by atoms with E-state index in [1.54, 1.807) is 6.92 Å². The molecule has 37 heavy (non-hydrogen) atoms. The van der Waals surface area contributed by atoms with Crippen LogP contribution in [0.4, 0.5) is 0 Å². The number of carbonyl (C=O) groups is 1. The van der Waals surface area contributed by atoms with Gasteiger partial charge in [-0.3, -0.25) is 0 Å². The minimum absolute atomic E-state index is 0.255. The van der Waals surface area contributed by atoms with Crippen molar-refractivity contribution in [3.8, 4) is 0 Å². The fraction of sp³-hybridized carbons (Fsp3) is 0.870. The smallest absolute Gasteiger partial charge is 0.369 e. The minimum Gasteiger partial charge on any atom is -0.417 e. The Labute approximate surface area is 238 Å². The zero-order valence-electron chi connectivity index (χ0n) is 27.3. The Morgan fingerprint density at radius 1 is 0.784 bits per heavy atom. The number of hydrogen-bond acceptors (Lipinski definition) is 7. The summed E-state index contributed by atoms with van der Waals surface area (Å²) in [5, 5.41) is 0. The van der Waals surface area contributed by atoms with E-state index in [1.165, 1.54) is 0 Å². The lowest BCUT2D eigenvalue weighted by molar-refractivity contribution is -0.439. The molecule has 0 heterocycles. The van der Waals surface area contributed by atoms with Gasteiger partial charge in [0.05, 0.1) is 15.2 Å². The predicted molar refractivity (Wildman–Crippen MR) is 175 cm³/mol. The molecule has 0 saturated carbocycles. The molecule has 0 fully saturated rings. The largest absolute Gasteiger partial charge is 0.417 e. The molecule has 14 heteroatoms. The number of esters is 1. The van der Waals surface area contributed by atoms with Crippen LogP contribution in [0.3, 0.4) is 0 Å². The molecule has 1 atom stereocenters. The van der Waals surface area contributed by atoms with Gasteiger partial charge in [0.1, 0.15) is 16.1 Å². The maximum Gasteiger partial charge on any atom is 0.369 e. The van der Waals surface area contributed by atoms with Crippen LogP contribution in [-0.4, -0.2) is 82.7 Å². The number of carbonyl (C=O) groups excluding carboxylic acids is 1. The molecule has 220 valence electrons. The van der Waals surface area contributed by atoms with Gasteiger partial charge in [-0.25, -0.2) is 4.79 Å². The summed E-state index contributed by atoms with van der Waals surface area (Å²) in [6.45, 7) is 40.0. The molecule has 0 aliphatic carbocycles. The summed E-state index contributed by atoms with van der Waals surface area (Å²) in [5.41, 5.74) is -0.782. The Bertz CT molecular complexity index is 790. The van der Waals surface area contributed by atoms with Crippen molar-refractivity contribution in [1.29, 1.82) is 0 Å². The number of ether oxygens (including phenoxy) is 1. The summed E-state index contributed by atoms with van der Waals surface area (Å²) in [4.78, 5) is 13.4. The van der Waals surface area contributed by atoms with Crippen LogP contribution in [0.2, 0.25) is 91.7 Å². The first-order valence-corrected chi connectivity index (χ1v) is 34.6. The second-order valence-corrected chi connectivity index (χ2v) is 53.2. The number of rotatable bonds is 15. The van der Waals surface area contributed by atoms with Crippen LogP contribution in [0.15, 0.2) is 12.2 Å². The summed E-state index contributed by atoms with van der Waals surface area (Å²) in [7, 11) is -11.6. The van der Waals surface area contributed by atoms with E-state index in [0.717, 1.165) is 0 Å².